The Balaban J connectivity index is 0.00000128. The minimum absolute atomic E-state index is 0. The Hall–Kier alpha value is -0.753. The van der Waals surface area contributed by atoms with E-state index in [-0.39, 0.29) is 24.4 Å². The first-order valence-corrected chi connectivity index (χ1v) is 5.07. The topological polar surface area (TPSA) is 52.2 Å². The summed E-state index contributed by atoms with van der Waals surface area (Å²) < 4.78 is 0. The monoisotopic (exact) mass is 211 g/mol. The molecule has 1 unspecified atom stereocenters. The van der Waals surface area contributed by atoms with Crippen LogP contribution in [0.5, 0.6) is 0 Å². The van der Waals surface area contributed by atoms with Crippen LogP contribution in [0.4, 0.5) is 0 Å². The summed E-state index contributed by atoms with van der Waals surface area (Å²) in [5.41, 5.74) is 1.96. The number of carboxylic acid groups (broad SMARTS) is 1. The molecule has 0 saturated carbocycles. The van der Waals surface area contributed by atoms with Gasteiger partial charge in [0.2, 0.25) is 0 Å². The smallest absolute Gasteiger partial charge is 0.548 e. The second-order valence-electron chi connectivity index (χ2n) is 4.50. The number of nitrogens with one attached hydrogen (secondary N) is 1. The van der Waals surface area contributed by atoms with Gasteiger partial charge in [-0.25, -0.2) is 0 Å². The van der Waals surface area contributed by atoms with Crippen molar-refractivity contribution in [2.24, 2.45) is 0 Å². The summed E-state index contributed by atoms with van der Waals surface area (Å²) in [4.78, 5) is 10.9. The van der Waals surface area contributed by atoms with Gasteiger partial charge in [-0.3, -0.25) is 5.32 Å². The van der Waals surface area contributed by atoms with Crippen LogP contribution in [0.25, 0.3) is 0 Å². The number of aliphatic carboxylic acids is 1. The molecule has 16 heavy (non-hydrogen) atoms. The normalized spacial score (nSPS) is 21.8. The van der Waals surface area contributed by atoms with Gasteiger partial charge >= 0.3 is 18.9 Å². The Kier molecular flexibility index (Phi) is 3.85. The number of hydrogen-bond donors (Lipinski definition) is 1. The Morgan fingerprint density at radius 3 is 2.69 bits per heavy atom. The van der Waals surface area contributed by atoms with Crippen molar-refractivity contribution in [1.82, 2.24) is 5.32 Å². The van der Waals surface area contributed by atoms with Crippen LogP contribution < -0.4 is 29.3 Å². The molecular formula is C12H14LiNO2. The Labute approximate surface area is 107 Å². The molecule has 0 saturated heterocycles. The van der Waals surface area contributed by atoms with E-state index in [4.69, 9.17) is 0 Å². The van der Waals surface area contributed by atoms with E-state index in [1.54, 1.807) is 0 Å². The molecule has 1 heterocycles. The second kappa shape index (κ2) is 4.63. The zero-order chi connectivity index (χ0) is 11.1. The van der Waals surface area contributed by atoms with Crippen LogP contribution in [0.2, 0.25) is 0 Å². The van der Waals surface area contributed by atoms with Crippen molar-refractivity contribution < 1.29 is 28.8 Å². The molecule has 1 aromatic carbocycles. The SMILES string of the molecule is CC1(C)NC(C(=O)[O-])Cc2ccccc21.[Li+]. The van der Waals surface area contributed by atoms with Crippen LogP contribution in [0.15, 0.2) is 24.3 Å². The van der Waals surface area contributed by atoms with Crippen molar-refractivity contribution in [3.8, 4) is 0 Å². The van der Waals surface area contributed by atoms with Gasteiger partial charge in [0.05, 0.1) is 12.0 Å². The fourth-order valence-corrected chi connectivity index (χ4v) is 2.23. The van der Waals surface area contributed by atoms with Crippen molar-refractivity contribution >= 4 is 5.97 Å². The second-order valence-corrected chi connectivity index (χ2v) is 4.50. The number of carboxylic acids is 1. The summed E-state index contributed by atoms with van der Waals surface area (Å²) in [6, 6.07) is 7.34. The average Bonchev–Trinajstić information content (AvgIpc) is 2.16. The minimum atomic E-state index is -1.03. The molecule has 0 spiro atoms. The van der Waals surface area contributed by atoms with Gasteiger partial charge in [0.25, 0.3) is 0 Å². The molecule has 1 aromatic rings. The van der Waals surface area contributed by atoms with Gasteiger partial charge in [0.1, 0.15) is 0 Å². The first-order chi connectivity index (χ1) is 7.00. The van der Waals surface area contributed by atoms with Crippen LogP contribution in [0, 0.1) is 0 Å². The maximum atomic E-state index is 10.9. The van der Waals surface area contributed by atoms with Crippen molar-refractivity contribution in [3.05, 3.63) is 35.4 Å². The fourth-order valence-electron chi connectivity index (χ4n) is 2.23. The van der Waals surface area contributed by atoms with Crippen molar-refractivity contribution in [2.45, 2.75) is 31.8 Å². The van der Waals surface area contributed by atoms with Crippen molar-refractivity contribution in [3.63, 3.8) is 0 Å². The Bertz CT molecular complexity index is 404. The first-order valence-electron chi connectivity index (χ1n) is 5.07. The van der Waals surface area contributed by atoms with Gasteiger partial charge in [-0.15, -0.1) is 0 Å². The van der Waals surface area contributed by atoms with Gasteiger partial charge in [0.15, 0.2) is 0 Å². The molecule has 0 fully saturated rings. The third kappa shape index (κ3) is 2.32. The summed E-state index contributed by atoms with van der Waals surface area (Å²) in [6.45, 7) is 3.97. The summed E-state index contributed by atoms with van der Waals surface area (Å²) in [7, 11) is 0. The number of carbonyl (C=O) groups excluding carboxylic acids is 1. The number of hydrogen-bond acceptors (Lipinski definition) is 3. The molecule has 0 radical (unpaired) electrons. The molecule has 4 heteroatoms. The standard InChI is InChI=1S/C12H15NO2.Li/c1-12(2)9-6-4-3-5-8(9)7-10(13-12)11(14)15;/h3-6,10,13H,7H2,1-2H3,(H,14,15);/q;+1/p-1. The minimum Gasteiger partial charge on any atom is -0.548 e. The van der Waals surface area contributed by atoms with Gasteiger partial charge in [-0.1, -0.05) is 24.3 Å². The molecule has 80 valence electrons. The molecule has 0 amide bonds. The summed E-state index contributed by atoms with van der Waals surface area (Å²) in [5, 5.41) is 14.0. The molecule has 0 bridgehead atoms. The van der Waals surface area contributed by atoms with Crippen molar-refractivity contribution in [2.75, 3.05) is 0 Å². The van der Waals surface area contributed by atoms with Crippen LogP contribution in [0.1, 0.15) is 25.0 Å². The molecule has 0 aromatic heterocycles. The molecule has 1 N–H and O–H groups in total. The molecule has 1 aliphatic rings. The average molecular weight is 211 g/mol. The number of carbonyl (C=O) groups is 1. The van der Waals surface area contributed by atoms with Crippen LogP contribution >= 0.6 is 0 Å². The quantitative estimate of drug-likeness (QED) is 0.510. The van der Waals surface area contributed by atoms with E-state index >= 15 is 0 Å². The van der Waals surface area contributed by atoms with Gasteiger partial charge in [0, 0.05) is 5.54 Å². The van der Waals surface area contributed by atoms with Crippen LogP contribution in [-0.4, -0.2) is 12.0 Å². The predicted octanol–water partition coefficient (Wildman–Crippen LogP) is -2.81. The zero-order valence-corrected chi connectivity index (χ0v) is 9.91. The van der Waals surface area contributed by atoms with E-state index in [9.17, 15) is 9.90 Å². The Morgan fingerprint density at radius 2 is 2.06 bits per heavy atom. The Morgan fingerprint density at radius 1 is 1.44 bits per heavy atom. The van der Waals surface area contributed by atoms with Crippen LogP contribution in [0.3, 0.4) is 0 Å². The van der Waals surface area contributed by atoms with E-state index in [1.165, 1.54) is 5.56 Å². The summed E-state index contributed by atoms with van der Waals surface area (Å²) in [6.07, 6.45) is 0.502. The van der Waals surface area contributed by atoms with E-state index in [0.717, 1.165) is 5.56 Å². The van der Waals surface area contributed by atoms with Crippen molar-refractivity contribution in [1.29, 1.82) is 0 Å². The third-order valence-electron chi connectivity index (χ3n) is 2.93. The van der Waals surface area contributed by atoms with Gasteiger partial charge in [-0.05, 0) is 31.4 Å². The maximum absolute atomic E-state index is 10.9. The largest absolute Gasteiger partial charge is 1.00 e. The third-order valence-corrected chi connectivity index (χ3v) is 2.93. The van der Waals surface area contributed by atoms with E-state index in [0.29, 0.717) is 6.42 Å². The number of benzene rings is 1. The molecule has 1 atom stereocenters. The zero-order valence-electron chi connectivity index (χ0n) is 9.91. The molecule has 0 aliphatic carbocycles. The van der Waals surface area contributed by atoms with E-state index in [1.807, 2.05) is 38.1 Å². The predicted molar refractivity (Wildman–Crippen MR) is 55.1 cm³/mol. The summed E-state index contributed by atoms with van der Waals surface area (Å²) in [5.74, 6) is -1.03. The number of fused-ring (bicyclic) bond motifs is 1. The van der Waals surface area contributed by atoms with E-state index < -0.39 is 12.0 Å². The van der Waals surface area contributed by atoms with E-state index in [2.05, 4.69) is 5.32 Å². The maximum Gasteiger partial charge on any atom is 1.00 e. The fraction of sp³-hybridized carbons (Fsp3) is 0.417. The molecule has 1 aliphatic heterocycles. The molecule has 3 nitrogen and oxygen atoms in total. The first kappa shape index (κ1) is 13.3. The summed E-state index contributed by atoms with van der Waals surface area (Å²) >= 11 is 0. The molecular weight excluding hydrogens is 197 g/mol. The van der Waals surface area contributed by atoms with Gasteiger partial charge in [-0.2, -0.15) is 0 Å². The van der Waals surface area contributed by atoms with Crippen LogP contribution in [-0.2, 0) is 16.8 Å². The van der Waals surface area contributed by atoms with Gasteiger partial charge < -0.3 is 9.90 Å². The number of rotatable bonds is 1. The molecule has 2 rings (SSSR count).